The van der Waals surface area contributed by atoms with Crippen molar-refractivity contribution in [3.63, 3.8) is 0 Å². The first-order valence-electron chi connectivity index (χ1n) is 8.63. The van der Waals surface area contributed by atoms with Crippen LogP contribution in [-0.4, -0.2) is 35.8 Å². The summed E-state index contributed by atoms with van der Waals surface area (Å²) in [6.07, 6.45) is 2.34. The van der Waals surface area contributed by atoms with Gasteiger partial charge in [0.05, 0.1) is 6.54 Å². The Morgan fingerprint density at radius 2 is 2.04 bits per heavy atom. The van der Waals surface area contributed by atoms with Gasteiger partial charge in [0.25, 0.3) is 0 Å². The quantitative estimate of drug-likeness (QED) is 0.814. The van der Waals surface area contributed by atoms with Crippen LogP contribution in [0.5, 0.6) is 0 Å². The molecule has 0 aliphatic carbocycles. The second-order valence-corrected chi connectivity index (χ2v) is 8.07. The van der Waals surface area contributed by atoms with E-state index in [2.05, 4.69) is 43.0 Å². The minimum atomic E-state index is 0.207. The summed E-state index contributed by atoms with van der Waals surface area (Å²) < 4.78 is 0. The van der Waals surface area contributed by atoms with E-state index >= 15 is 0 Å². The molecule has 1 saturated heterocycles. The van der Waals surface area contributed by atoms with Crippen LogP contribution in [0.3, 0.4) is 0 Å². The summed E-state index contributed by atoms with van der Waals surface area (Å²) in [5, 5.41) is 0. The molecule has 0 bridgehead atoms. The summed E-state index contributed by atoms with van der Waals surface area (Å²) in [7, 11) is 1.91. The molecule has 1 aliphatic heterocycles. The molecule has 3 nitrogen and oxygen atoms in total. The molecule has 2 heterocycles. The number of aryl methyl sites for hydroxylation is 2. The molecule has 1 fully saturated rings. The average molecular weight is 343 g/mol. The number of carbonyl (C=O) groups is 1. The molecule has 0 radical (unpaired) electrons. The van der Waals surface area contributed by atoms with Gasteiger partial charge in [-0.2, -0.15) is 0 Å². The highest BCUT2D eigenvalue weighted by molar-refractivity contribution is 7.12. The molecule has 3 rings (SSSR count). The fourth-order valence-electron chi connectivity index (χ4n) is 3.40. The SMILES string of the molecule is Cc1ccc(C2CCCN2CC(=O)N(C)Cc2ccccc2C)s1. The number of hydrogen-bond donors (Lipinski definition) is 0. The van der Waals surface area contributed by atoms with Crippen molar-refractivity contribution in [3.05, 3.63) is 57.3 Å². The summed E-state index contributed by atoms with van der Waals surface area (Å²) >= 11 is 1.86. The van der Waals surface area contributed by atoms with Crippen molar-refractivity contribution in [3.8, 4) is 0 Å². The summed E-state index contributed by atoms with van der Waals surface area (Å²) in [5.74, 6) is 0.207. The molecule has 4 heteroatoms. The largest absolute Gasteiger partial charge is 0.340 e. The lowest BCUT2D eigenvalue weighted by Crippen LogP contribution is -2.37. The highest BCUT2D eigenvalue weighted by Crippen LogP contribution is 2.35. The fourth-order valence-corrected chi connectivity index (χ4v) is 4.44. The Bertz CT molecular complexity index is 709. The Morgan fingerprint density at radius 1 is 1.25 bits per heavy atom. The molecule has 1 aliphatic rings. The Labute approximate surface area is 148 Å². The predicted octanol–water partition coefficient (Wildman–Crippen LogP) is 4.16. The number of rotatable bonds is 5. The van der Waals surface area contributed by atoms with Crippen LogP contribution in [0.2, 0.25) is 0 Å². The lowest BCUT2D eigenvalue weighted by Gasteiger charge is -2.26. The maximum absolute atomic E-state index is 12.7. The van der Waals surface area contributed by atoms with E-state index in [1.807, 2.05) is 35.4 Å². The third-order valence-corrected chi connectivity index (χ3v) is 5.99. The molecule has 0 spiro atoms. The van der Waals surface area contributed by atoms with E-state index in [9.17, 15) is 4.79 Å². The Balaban J connectivity index is 1.62. The Kier molecular flexibility index (Phi) is 5.36. The molecule has 24 heavy (non-hydrogen) atoms. The molecule has 1 unspecified atom stereocenters. The van der Waals surface area contributed by atoms with Crippen molar-refractivity contribution in [2.45, 2.75) is 39.3 Å². The van der Waals surface area contributed by atoms with E-state index in [4.69, 9.17) is 0 Å². The van der Waals surface area contributed by atoms with E-state index < -0.39 is 0 Å². The molecule has 0 saturated carbocycles. The molecule has 1 aromatic carbocycles. The summed E-state index contributed by atoms with van der Waals surface area (Å²) in [6.45, 7) is 6.47. The first kappa shape index (κ1) is 17.2. The van der Waals surface area contributed by atoms with Crippen LogP contribution in [0.1, 0.15) is 39.8 Å². The number of likely N-dealkylation sites (tertiary alicyclic amines) is 1. The Morgan fingerprint density at radius 3 is 2.75 bits per heavy atom. The van der Waals surface area contributed by atoms with Crippen LogP contribution < -0.4 is 0 Å². The van der Waals surface area contributed by atoms with Gasteiger partial charge in [0.1, 0.15) is 0 Å². The lowest BCUT2D eigenvalue weighted by atomic mass is 10.1. The van der Waals surface area contributed by atoms with E-state index in [0.717, 1.165) is 13.0 Å². The van der Waals surface area contributed by atoms with Crippen LogP contribution in [0.15, 0.2) is 36.4 Å². The molecule has 128 valence electrons. The molecule has 1 atom stereocenters. The monoisotopic (exact) mass is 342 g/mol. The smallest absolute Gasteiger partial charge is 0.236 e. The highest BCUT2D eigenvalue weighted by Gasteiger charge is 2.29. The van der Waals surface area contributed by atoms with Gasteiger partial charge in [-0.3, -0.25) is 9.69 Å². The average Bonchev–Trinajstić information content (AvgIpc) is 3.18. The third kappa shape index (κ3) is 3.87. The number of benzene rings is 1. The van der Waals surface area contributed by atoms with Gasteiger partial charge in [0, 0.05) is 29.4 Å². The van der Waals surface area contributed by atoms with E-state index in [1.165, 1.54) is 27.3 Å². The molecule has 0 N–H and O–H groups in total. The molecule has 1 amide bonds. The molecular formula is C20H26N2OS. The first-order chi connectivity index (χ1) is 11.5. The van der Waals surface area contributed by atoms with Crippen molar-refractivity contribution < 1.29 is 4.79 Å². The first-order valence-corrected chi connectivity index (χ1v) is 9.45. The van der Waals surface area contributed by atoms with Crippen molar-refractivity contribution in [1.29, 1.82) is 0 Å². The van der Waals surface area contributed by atoms with E-state index in [1.54, 1.807) is 0 Å². The van der Waals surface area contributed by atoms with Gasteiger partial charge in [-0.25, -0.2) is 0 Å². The van der Waals surface area contributed by atoms with Gasteiger partial charge in [-0.05, 0) is 56.5 Å². The van der Waals surface area contributed by atoms with Crippen molar-refractivity contribution in [2.24, 2.45) is 0 Å². The summed E-state index contributed by atoms with van der Waals surface area (Å²) in [5.41, 5.74) is 2.46. The zero-order valence-electron chi connectivity index (χ0n) is 14.8. The number of hydrogen-bond acceptors (Lipinski definition) is 3. The van der Waals surface area contributed by atoms with Gasteiger partial charge in [0.2, 0.25) is 5.91 Å². The summed E-state index contributed by atoms with van der Waals surface area (Å²) in [6, 6.07) is 13.1. The van der Waals surface area contributed by atoms with Crippen molar-refractivity contribution in [1.82, 2.24) is 9.80 Å². The van der Waals surface area contributed by atoms with Gasteiger partial charge in [0.15, 0.2) is 0 Å². The van der Waals surface area contributed by atoms with Crippen LogP contribution in [-0.2, 0) is 11.3 Å². The maximum Gasteiger partial charge on any atom is 0.236 e. The van der Waals surface area contributed by atoms with E-state index in [-0.39, 0.29) is 5.91 Å². The van der Waals surface area contributed by atoms with Crippen molar-refractivity contribution >= 4 is 17.2 Å². The van der Waals surface area contributed by atoms with Crippen LogP contribution in [0, 0.1) is 13.8 Å². The topological polar surface area (TPSA) is 23.6 Å². The second-order valence-electron chi connectivity index (χ2n) is 6.75. The van der Waals surface area contributed by atoms with Gasteiger partial charge >= 0.3 is 0 Å². The Hall–Kier alpha value is -1.65. The molecular weight excluding hydrogens is 316 g/mol. The van der Waals surface area contributed by atoms with Crippen LogP contribution in [0.4, 0.5) is 0 Å². The summed E-state index contributed by atoms with van der Waals surface area (Å²) in [4.78, 5) is 19.6. The zero-order valence-corrected chi connectivity index (χ0v) is 15.6. The standard InChI is InChI=1S/C20H26N2OS/c1-15-7-4-5-8-17(15)13-21(3)20(23)14-22-12-6-9-18(22)19-11-10-16(2)24-19/h4-5,7-8,10-11,18H,6,9,12-14H2,1-3H3. The van der Waals surface area contributed by atoms with Gasteiger partial charge in [-0.15, -0.1) is 11.3 Å². The number of likely N-dealkylation sites (N-methyl/N-ethyl adjacent to an activating group) is 1. The molecule has 2 aromatic rings. The van der Waals surface area contributed by atoms with Gasteiger partial charge in [-0.1, -0.05) is 24.3 Å². The fraction of sp³-hybridized carbons (Fsp3) is 0.450. The lowest BCUT2D eigenvalue weighted by molar-refractivity contribution is -0.131. The van der Waals surface area contributed by atoms with E-state index in [0.29, 0.717) is 19.1 Å². The van der Waals surface area contributed by atoms with Crippen LogP contribution >= 0.6 is 11.3 Å². The van der Waals surface area contributed by atoms with Crippen molar-refractivity contribution in [2.75, 3.05) is 20.1 Å². The van der Waals surface area contributed by atoms with Gasteiger partial charge < -0.3 is 4.90 Å². The van der Waals surface area contributed by atoms with Crippen LogP contribution in [0.25, 0.3) is 0 Å². The number of amides is 1. The number of carbonyl (C=O) groups excluding carboxylic acids is 1. The minimum Gasteiger partial charge on any atom is -0.340 e. The highest BCUT2D eigenvalue weighted by atomic mass is 32.1. The predicted molar refractivity (Wildman–Crippen MR) is 100 cm³/mol. The normalized spacial score (nSPS) is 18.0. The number of thiophene rings is 1. The zero-order chi connectivity index (χ0) is 17.1. The number of nitrogens with zero attached hydrogens (tertiary/aromatic N) is 2. The third-order valence-electron chi connectivity index (χ3n) is 4.89. The minimum absolute atomic E-state index is 0.207. The molecule has 1 aromatic heterocycles. The maximum atomic E-state index is 12.7. The second kappa shape index (κ2) is 7.49.